The van der Waals surface area contributed by atoms with Crippen molar-refractivity contribution in [2.45, 2.75) is 161 Å². The number of nitrogens with zero attached hydrogens (tertiary/aromatic N) is 8. The van der Waals surface area contributed by atoms with Gasteiger partial charge in [0.2, 0.25) is 5.91 Å². The molecule has 6 heterocycles. The van der Waals surface area contributed by atoms with Crippen molar-refractivity contribution in [3.8, 4) is 44.9 Å². The molecule has 33 heteroatoms. The number of nitrogens with two attached hydrogens (primary N) is 2. The molecule has 10 aromatic rings. The Morgan fingerprint density at radius 3 is 1.26 bits per heavy atom. The lowest BCUT2D eigenvalue weighted by Crippen LogP contribution is -2.60. The Kier molecular flexibility index (Phi) is 33.5. The maximum Gasteiger partial charge on any atom is 0.573 e. The maximum atomic E-state index is 13.2. The van der Waals surface area contributed by atoms with E-state index in [9.17, 15) is 45.5 Å². The van der Waals surface area contributed by atoms with Crippen molar-refractivity contribution in [2.24, 2.45) is 11.5 Å². The molecule has 0 saturated carbocycles. The van der Waals surface area contributed by atoms with Gasteiger partial charge >= 0.3 is 37.2 Å². The fraction of sp³-hybridized carbons (Fsp3) is 0.412. The van der Waals surface area contributed by atoms with Crippen LogP contribution < -0.4 is 31.6 Å². The van der Waals surface area contributed by atoms with E-state index in [1.165, 1.54) is 52.1 Å². The Morgan fingerprint density at radius 1 is 0.485 bits per heavy atom. The summed E-state index contributed by atoms with van der Waals surface area (Å²) in [5, 5.41) is 10.7. The highest BCUT2D eigenvalue weighted by molar-refractivity contribution is 6.36. The molecule has 4 aliphatic heterocycles. The number of hydrogen-bond acceptors (Lipinski definition) is 17. The predicted octanol–water partition coefficient (Wildman–Crippen LogP) is 19.6. The van der Waals surface area contributed by atoms with Crippen LogP contribution in [0.5, 0.6) is 11.5 Å². The van der Waals surface area contributed by atoms with Crippen LogP contribution in [0.3, 0.4) is 0 Å². The van der Waals surface area contributed by atoms with Crippen LogP contribution in [0.1, 0.15) is 119 Å². The molecule has 4 saturated heterocycles. The summed E-state index contributed by atoms with van der Waals surface area (Å²) in [6.45, 7) is 25.5. The van der Waals surface area contributed by atoms with Gasteiger partial charge in [0, 0.05) is 213 Å². The van der Waals surface area contributed by atoms with E-state index in [0.717, 1.165) is 146 Å². The smallest absolute Gasteiger partial charge is 0.449 e. The highest BCUT2D eigenvalue weighted by atomic mass is 35.5. The number of nitrogens with one attached hydrogen (secondary N) is 2. The third kappa shape index (κ3) is 27.4. The van der Waals surface area contributed by atoms with E-state index in [0.29, 0.717) is 111 Å². The van der Waals surface area contributed by atoms with Gasteiger partial charge in [-0.2, -0.15) is 9.59 Å². The summed E-state index contributed by atoms with van der Waals surface area (Å²) in [6, 6.07) is 52.5. The number of aryl methyl sites for hydroxylation is 2. The molecule has 0 unspecified atom stereocenters. The second-order valence-corrected chi connectivity index (χ2v) is 36.6. The Hall–Kier alpha value is -10.4. The van der Waals surface area contributed by atoms with Gasteiger partial charge < -0.3 is 64.7 Å². The largest absolute Gasteiger partial charge is 0.573 e. The molecule has 4 fully saturated rings. The maximum absolute atomic E-state index is 13.2. The van der Waals surface area contributed by atoms with E-state index in [2.05, 4.69) is 116 Å². The molecular formula is C97H110Cl4F6N12O11. The van der Waals surface area contributed by atoms with E-state index in [-0.39, 0.29) is 41.6 Å². The minimum atomic E-state index is -4.78. The minimum absolute atomic E-state index is 0.00524. The normalized spacial score (nSPS) is 15.9. The van der Waals surface area contributed by atoms with Gasteiger partial charge in [0.05, 0.1) is 5.54 Å². The van der Waals surface area contributed by atoms with E-state index in [1.807, 2.05) is 108 Å². The molecule has 5 aliphatic rings. The SMILES string of the molecule is CC(C)(C)OC(=O)N1CCC(N)(C(=O)NCCCn2cc(-c3ccc(OC(F)(F)F)cc3)c3cc(CN4CCN(Cc5c(Cl)cccc5Cl)CC4)ccc32)CC1.CC(C)(C)OC(=O)N1CCC(NC(=O)OCC2c3ccccc3-c3ccccc32)CC1.NCCCn1cc(-c2ccc(OC(F)(F)F)cc2)c2cc(CN3CCN(Cc4c(Cl)cccc4Cl)CC3)ccc21.O=C=O. The summed E-state index contributed by atoms with van der Waals surface area (Å²) >= 11 is 25.6. The van der Waals surface area contributed by atoms with Crippen LogP contribution in [0.2, 0.25) is 20.1 Å². The number of hydrogen-bond donors (Lipinski definition) is 4. The summed E-state index contributed by atoms with van der Waals surface area (Å²) in [5.41, 5.74) is 24.6. The summed E-state index contributed by atoms with van der Waals surface area (Å²) in [7, 11) is 0. The third-order valence-electron chi connectivity index (χ3n) is 23.4. The number of fused-ring (bicyclic) bond motifs is 5. The topological polar surface area (TPSA) is 254 Å². The highest BCUT2D eigenvalue weighted by Gasteiger charge is 2.41. The molecule has 4 amide bonds. The van der Waals surface area contributed by atoms with E-state index in [4.69, 9.17) is 81.7 Å². The number of ether oxygens (including phenoxy) is 5. The number of piperazine rings is 2. The molecule has 694 valence electrons. The lowest BCUT2D eigenvalue weighted by Gasteiger charge is -2.38. The van der Waals surface area contributed by atoms with Gasteiger partial charge in [-0.25, -0.2) is 14.4 Å². The van der Waals surface area contributed by atoms with Gasteiger partial charge in [-0.1, -0.05) is 143 Å². The quantitative estimate of drug-likeness (QED) is 0.0264. The zero-order chi connectivity index (χ0) is 93.2. The Bertz CT molecular complexity index is 5470. The predicted molar refractivity (Wildman–Crippen MR) is 491 cm³/mol. The van der Waals surface area contributed by atoms with Gasteiger partial charge in [-0.3, -0.25) is 24.4 Å². The second-order valence-electron chi connectivity index (χ2n) is 35.0. The number of carbonyl (C=O) groups is 4. The van der Waals surface area contributed by atoms with E-state index >= 15 is 0 Å². The Balaban J connectivity index is 0.000000181. The lowest BCUT2D eigenvalue weighted by atomic mass is 9.88. The van der Waals surface area contributed by atoms with Crippen molar-refractivity contribution >= 4 is 98.5 Å². The summed E-state index contributed by atoms with van der Waals surface area (Å²) < 4.78 is 106. The molecule has 6 N–H and O–H groups in total. The van der Waals surface area contributed by atoms with Crippen LogP contribution in [0.4, 0.5) is 40.7 Å². The number of aromatic nitrogens is 2. The third-order valence-corrected chi connectivity index (χ3v) is 24.8. The number of halogens is 10. The van der Waals surface area contributed by atoms with Gasteiger partial charge in [-0.15, -0.1) is 26.3 Å². The van der Waals surface area contributed by atoms with Crippen LogP contribution in [0.25, 0.3) is 55.2 Å². The second kappa shape index (κ2) is 44.2. The van der Waals surface area contributed by atoms with Crippen LogP contribution in [-0.2, 0) is 67.9 Å². The van der Waals surface area contributed by atoms with Crippen molar-refractivity contribution in [1.29, 1.82) is 0 Å². The fourth-order valence-electron chi connectivity index (χ4n) is 16.8. The number of carbonyl (C=O) groups excluding carboxylic acids is 6. The van der Waals surface area contributed by atoms with E-state index < -0.39 is 41.7 Å². The summed E-state index contributed by atoms with van der Waals surface area (Å²) in [4.78, 5) is 79.4. The van der Waals surface area contributed by atoms with Gasteiger partial charge in [0.15, 0.2) is 0 Å². The molecule has 0 spiro atoms. The molecule has 2 aromatic heterocycles. The fourth-order valence-corrected chi connectivity index (χ4v) is 17.8. The summed E-state index contributed by atoms with van der Waals surface area (Å²) in [5.74, 6) is -0.726. The van der Waals surface area contributed by atoms with Gasteiger partial charge in [0.1, 0.15) is 29.3 Å². The van der Waals surface area contributed by atoms with Crippen LogP contribution in [-0.4, -0.2) is 203 Å². The monoisotopic (exact) mass is 1870 g/mol. The minimum Gasteiger partial charge on any atom is -0.449 e. The van der Waals surface area contributed by atoms with Crippen LogP contribution >= 0.6 is 46.4 Å². The number of alkyl carbamates (subject to hydrolysis) is 1. The van der Waals surface area contributed by atoms with Crippen LogP contribution in [0, 0.1) is 0 Å². The number of amides is 4. The lowest BCUT2D eigenvalue weighted by molar-refractivity contribution is -0.275. The zero-order valence-corrected chi connectivity index (χ0v) is 76.6. The van der Waals surface area contributed by atoms with Crippen LogP contribution in [0.15, 0.2) is 182 Å². The molecule has 130 heavy (non-hydrogen) atoms. The molecule has 0 bridgehead atoms. The van der Waals surface area contributed by atoms with Gasteiger partial charge in [0.25, 0.3) is 0 Å². The average Bonchev–Trinajstić information content (AvgIpc) is 1.62. The number of alkyl halides is 6. The van der Waals surface area contributed by atoms with Crippen molar-refractivity contribution in [2.75, 3.05) is 98.2 Å². The van der Waals surface area contributed by atoms with Crippen molar-refractivity contribution in [3.05, 3.63) is 236 Å². The van der Waals surface area contributed by atoms with Crippen molar-refractivity contribution < 1.29 is 78.8 Å². The Labute approximate surface area is 773 Å². The molecule has 1 aliphatic carbocycles. The molecule has 0 radical (unpaired) electrons. The molecule has 15 rings (SSSR count). The molecule has 0 atom stereocenters. The van der Waals surface area contributed by atoms with Gasteiger partial charge in [-0.05, 0) is 204 Å². The summed E-state index contributed by atoms with van der Waals surface area (Å²) in [6.07, 6.45) is -2.85. The van der Waals surface area contributed by atoms with Crippen molar-refractivity contribution in [1.82, 2.24) is 49.2 Å². The standard InChI is InChI=1S/C41H49Cl2F3N6O4.C30H31Cl2F3N4O.C25H30N2O4.CO2/c1-39(2,3)56-38(54)51-18-14-40(47,15-19-51)37(53)48-16-5-17-52-27-32(29-9-11-30(12-10-29)55-41(44,45)46)31-24-28(8-13-36(31)52)25-49-20-22-50(23-21-49)26-33-34(42)6-4-7-35(33)43;31-27-3-1-4-28(32)26(27)19-38-15-13-37(14-16-38)18-21-5-10-29-24(17-21)25(20-39(29)12-2-11-36)22-6-8-23(9-7-22)40-30(33,34)35;1-25(2,3)31-24(29)27-14-12-17(13-15-27)26-23(28)30-16-22-20-10-6-4-8-18(20)19-9-5-7-11-21(19)22;2-1-3/h4,6-13,24,27H,5,14-23,25-26,47H2,1-3H3,(H,48,53);1,3-10,17,20H,2,11-16,18-19,36H2;4-11,17,22H,12-16H2,1-3H3,(H,26,28);. The number of likely N-dealkylation sites (tertiary alicyclic amines) is 2. The van der Waals surface area contributed by atoms with E-state index in [1.54, 1.807) is 34.1 Å². The zero-order valence-electron chi connectivity index (χ0n) is 73.6. The number of rotatable bonds is 23. The molecular weight excluding hydrogens is 1760 g/mol. The molecule has 23 nitrogen and oxygen atoms in total. The number of piperidine rings is 2. The molecule has 8 aromatic carbocycles. The first kappa shape index (κ1) is 98.6. The van der Waals surface area contributed by atoms with Crippen molar-refractivity contribution in [3.63, 3.8) is 0 Å². The first-order valence-corrected chi connectivity index (χ1v) is 45.0. The average molecular weight is 1880 g/mol. The first-order valence-electron chi connectivity index (χ1n) is 43.4. The first-order chi connectivity index (χ1) is 61.9. The highest BCUT2D eigenvalue weighted by Crippen LogP contribution is 2.45. The number of benzene rings is 8. The Morgan fingerprint density at radius 2 is 0.869 bits per heavy atom.